The second-order valence-corrected chi connectivity index (χ2v) is 12.1. The third-order valence-electron chi connectivity index (χ3n) is 6.39. The van der Waals surface area contributed by atoms with Gasteiger partial charge in [-0.1, -0.05) is 64.8 Å². The summed E-state index contributed by atoms with van der Waals surface area (Å²) >= 11 is 11.0. The molecule has 1 unspecified atom stereocenters. The molecule has 0 bridgehead atoms. The van der Waals surface area contributed by atoms with Crippen LogP contribution in [0.2, 0.25) is 5.02 Å². The van der Waals surface area contributed by atoms with Crippen molar-refractivity contribution in [3.63, 3.8) is 0 Å². The summed E-state index contributed by atoms with van der Waals surface area (Å²) < 4.78 is 1.93. The van der Waals surface area contributed by atoms with E-state index in [4.69, 9.17) is 16.6 Å². The van der Waals surface area contributed by atoms with Gasteiger partial charge in [-0.15, -0.1) is 0 Å². The Morgan fingerprint density at radius 1 is 1.18 bits per heavy atom. The number of fused-ring (bicyclic) bond motifs is 1. The number of aliphatic imine (C=N–C) groups is 1. The topological polar surface area (TPSA) is 71.4 Å². The molecule has 34 heavy (non-hydrogen) atoms. The van der Waals surface area contributed by atoms with Crippen molar-refractivity contribution < 1.29 is 9.59 Å². The monoisotopic (exact) mass is 555 g/mol. The molecule has 0 fully saturated rings. The summed E-state index contributed by atoms with van der Waals surface area (Å²) in [5, 5.41) is 4.13. The maximum absolute atomic E-state index is 13.7. The number of halogens is 2. The molecular formula is C26H23BrClN3O2S. The Kier molecular flexibility index (Phi) is 5.99. The van der Waals surface area contributed by atoms with Gasteiger partial charge in [-0.25, -0.2) is 4.98 Å². The largest absolute Gasteiger partial charge is 0.301 e. The molecule has 1 amide bonds. The summed E-state index contributed by atoms with van der Waals surface area (Å²) in [4.78, 5) is 36.4. The number of rotatable bonds is 3. The van der Waals surface area contributed by atoms with E-state index in [9.17, 15) is 9.59 Å². The van der Waals surface area contributed by atoms with Gasteiger partial charge in [-0.3, -0.25) is 14.6 Å². The molecular weight excluding hydrogens is 534 g/mol. The Morgan fingerprint density at radius 2 is 1.91 bits per heavy atom. The molecule has 5 nitrogen and oxygen atoms in total. The summed E-state index contributed by atoms with van der Waals surface area (Å²) in [5.41, 5.74) is 3.70. The fourth-order valence-electron chi connectivity index (χ4n) is 4.95. The number of allylic oxidation sites excluding steroid dienone is 2. The Labute approximate surface area is 215 Å². The zero-order valence-corrected chi connectivity index (χ0v) is 22.1. The third-order valence-corrected chi connectivity index (χ3v) is 8.07. The summed E-state index contributed by atoms with van der Waals surface area (Å²) in [6.07, 6.45) is 1.14. The van der Waals surface area contributed by atoms with Crippen molar-refractivity contribution in [3.05, 3.63) is 68.8 Å². The van der Waals surface area contributed by atoms with Crippen molar-refractivity contribution in [2.45, 2.75) is 39.5 Å². The lowest BCUT2D eigenvalue weighted by Gasteiger charge is -2.39. The number of benzene rings is 2. The number of anilines is 1. The Bertz CT molecular complexity index is 1390. The van der Waals surface area contributed by atoms with Crippen molar-refractivity contribution in [2.24, 2.45) is 16.3 Å². The molecule has 0 saturated carbocycles. The molecule has 1 aromatic heterocycles. The minimum Gasteiger partial charge on any atom is -0.301 e. The van der Waals surface area contributed by atoms with Gasteiger partial charge in [-0.2, -0.15) is 0 Å². The van der Waals surface area contributed by atoms with Crippen molar-refractivity contribution in [3.8, 4) is 0 Å². The van der Waals surface area contributed by atoms with Gasteiger partial charge in [0.15, 0.2) is 10.9 Å². The normalized spacial score (nSPS) is 21.9. The molecule has 2 aliphatic rings. The highest BCUT2D eigenvalue weighted by atomic mass is 79.9. The predicted octanol–water partition coefficient (Wildman–Crippen LogP) is 7.17. The second-order valence-electron chi connectivity index (χ2n) is 9.68. The van der Waals surface area contributed by atoms with Gasteiger partial charge >= 0.3 is 0 Å². The third kappa shape index (κ3) is 4.37. The van der Waals surface area contributed by atoms with Crippen LogP contribution >= 0.6 is 38.9 Å². The summed E-state index contributed by atoms with van der Waals surface area (Å²) in [6, 6.07) is 13.2. The Balaban J connectivity index is 1.56. The molecule has 174 valence electrons. The van der Waals surface area contributed by atoms with Crippen LogP contribution in [0.25, 0.3) is 10.2 Å². The Morgan fingerprint density at radius 3 is 2.65 bits per heavy atom. The molecule has 2 aromatic carbocycles. The number of amides is 1. The second kappa shape index (κ2) is 8.70. The minimum absolute atomic E-state index is 0.0603. The molecule has 1 N–H and O–H groups in total. The van der Waals surface area contributed by atoms with Crippen LogP contribution in [0.5, 0.6) is 0 Å². The number of hydrogen-bond donors (Lipinski definition) is 1. The number of ketones is 1. The average molecular weight is 557 g/mol. The highest BCUT2D eigenvalue weighted by Crippen LogP contribution is 2.48. The van der Waals surface area contributed by atoms with Crippen molar-refractivity contribution in [2.75, 3.05) is 5.32 Å². The predicted molar refractivity (Wildman–Crippen MR) is 142 cm³/mol. The number of hydrogen-bond acceptors (Lipinski definition) is 5. The van der Waals surface area contributed by atoms with Crippen LogP contribution in [0.4, 0.5) is 5.13 Å². The number of thiazole rings is 1. The number of carbonyl (C=O) groups is 2. The van der Waals surface area contributed by atoms with Gasteiger partial charge in [-0.05, 0) is 54.7 Å². The highest BCUT2D eigenvalue weighted by molar-refractivity contribution is 9.10. The summed E-state index contributed by atoms with van der Waals surface area (Å²) in [7, 11) is 0. The van der Waals surface area contributed by atoms with Gasteiger partial charge in [0.1, 0.15) is 0 Å². The average Bonchev–Trinajstić information content (AvgIpc) is 3.13. The summed E-state index contributed by atoms with van der Waals surface area (Å²) in [5.74, 6) is -1.20. The standard InChI is InChI=1S/C26H23BrClN3O2S/c1-13-21(24(33)31-25-30-17-9-6-15(27)10-20(17)34-25)22(14-4-7-16(28)8-5-14)23-18(29-13)11-26(2,3)12-19(23)32/h4-10,21-22H,11-12H2,1-3H3,(H,30,31,33)/t21?,22-/m0/s1. The molecule has 8 heteroatoms. The SMILES string of the molecule is CC1=NC2=C(C(=O)CC(C)(C)C2)[C@@H](c2ccc(Cl)cc2)C1C(=O)Nc1nc2ccc(Br)cc2s1. The van der Waals surface area contributed by atoms with Crippen LogP contribution in [0.15, 0.2) is 63.2 Å². The molecule has 1 aliphatic heterocycles. The highest BCUT2D eigenvalue weighted by Gasteiger charge is 2.45. The maximum atomic E-state index is 13.7. The van der Waals surface area contributed by atoms with E-state index in [1.54, 1.807) is 12.1 Å². The van der Waals surface area contributed by atoms with E-state index in [0.29, 0.717) is 34.3 Å². The van der Waals surface area contributed by atoms with E-state index in [0.717, 1.165) is 25.9 Å². The van der Waals surface area contributed by atoms with Crippen LogP contribution in [0.3, 0.4) is 0 Å². The smallest absolute Gasteiger partial charge is 0.235 e. The van der Waals surface area contributed by atoms with Gasteiger partial charge < -0.3 is 5.32 Å². The fraction of sp³-hybridized carbons (Fsp3) is 0.308. The van der Waals surface area contributed by atoms with Crippen LogP contribution in [-0.2, 0) is 9.59 Å². The molecule has 1 aliphatic carbocycles. The van der Waals surface area contributed by atoms with E-state index in [2.05, 4.69) is 40.1 Å². The van der Waals surface area contributed by atoms with Crippen LogP contribution in [-0.4, -0.2) is 22.4 Å². The zero-order chi connectivity index (χ0) is 24.2. The van der Waals surface area contributed by atoms with E-state index in [1.807, 2.05) is 37.3 Å². The number of carbonyl (C=O) groups excluding carboxylic acids is 2. The van der Waals surface area contributed by atoms with Crippen molar-refractivity contribution >= 4 is 71.6 Å². The molecule has 0 radical (unpaired) electrons. The van der Waals surface area contributed by atoms with Crippen LogP contribution in [0, 0.1) is 11.3 Å². The Hall–Kier alpha value is -2.35. The van der Waals surface area contributed by atoms with Gasteiger partial charge in [0.25, 0.3) is 0 Å². The first-order chi connectivity index (χ1) is 16.1. The first-order valence-corrected chi connectivity index (χ1v) is 13.0. The lowest BCUT2D eigenvalue weighted by molar-refractivity contribution is -0.119. The maximum Gasteiger partial charge on any atom is 0.235 e. The fourth-order valence-corrected chi connectivity index (χ4v) is 6.50. The summed E-state index contributed by atoms with van der Waals surface area (Å²) in [6.45, 7) is 6.04. The number of nitrogens with one attached hydrogen (secondary N) is 1. The van der Waals surface area contributed by atoms with Crippen LogP contribution in [0.1, 0.15) is 45.1 Å². The van der Waals surface area contributed by atoms with Crippen LogP contribution < -0.4 is 5.32 Å². The minimum atomic E-state index is -0.621. The van der Waals surface area contributed by atoms with E-state index < -0.39 is 11.8 Å². The molecule has 0 saturated heterocycles. The molecule has 3 aromatic rings. The first kappa shape index (κ1) is 23.4. The van der Waals surface area contributed by atoms with Crippen molar-refractivity contribution in [1.82, 2.24) is 4.98 Å². The van der Waals surface area contributed by atoms with Gasteiger partial charge in [0.05, 0.1) is 16.1 Å². The van der Waals surface area contributed by atoms with E-state index >= 15 is 0 Å². The quantitative estimate of drug-likeness (QED) is 0.372. The molecule has 2 atom stereocenters. The lowest BCUT2D eigenvalue weighted by Crippen LogP contribution is -2.41. The number of aromatic nitrogens is 1. The van der Waals surface area contributed by atoms with Gasteiger partial charge in [0.2, 0.25) is 5.91 Å². The van der Waals surface area contributed by atoms with Crippen molar-refractivity contribution in [1.29, 1.82) is 0 Å². The lowest BCUT2D eigenvalue weighted by atomic mass is 9.66. The van der Waals surface area contributed by atoms with E-state index in [-0.39, 0.29) is 17.1 Å². The zero-order valence-electron chi connectivity index (χ0n) is 19.0. The molecule has 5 rings (SSSR count). The first-order valence-electron chi connectivity index (χ1n) is 11.1. The number of Topliss-reactive ketones (excluding diaryl/α,β-unsaturated/α-hetero) is 1. The molecule has 0 spiro atoms. The molecule has 2 heterocycles. The van der Waals surface area contributed by atoms with E-state index in [1.165, 1.54) is 11.3 Å². The number of nitrogens with zero attached hydrogens (tertiary/aromatic N) is 2. The van der Waals surface area contributed by atoms with Gasteiger partial charge in [0, 0.05) is 38.8 Å².